The molecule has 25 heavy (non-hydrogen) atoms. The van der Waals surface area contributed by atoms with E-state index in [0.29, 0.717) is 6.54 Å². The molecular weight excluding hydrogens is 312 g/mol. The lowest BCUT2D eigenvalue weighted by atomic mass is 10.1. The van der Waals surface area contributed by atoms with Gasteiger partial charge >= 0.3 is 0 Å². The number of benzene rings is 2. The Labute approximate surface area is 148 Å². The minimum absolute atomic E-state index is 0.0151. The number of carbonyl (C=O) groups is 2. The predicted molar refractivity (Wildman–Crippen MR) is 101 cm³/mol. The molecule has 0 bridgehead atoms. The van der Waals surface area contributed by atoms with E-state index in [-0.39, 0.29) is 24.2 Å². The minimum Gasteiger partial charge on any atom is -0.326 e. The molecule has 1 fully saturated rings. The quantitative estimate of drug-likeness (QED) is 0.922. The molecule has 0 aliphatic carbocycles. The Kier molecular flexibility index (Phi) is 4.88. The standard InChI is InChI=1S/C21H24N2O2/c1-4-16-10-5-6-11-18(16)22-21(25)17-12-19(24)23(13-17)20-14(2)8-7-9-15(20)3/h5-11,17H,4,12-13H2,1-3H3,(H,22,25)/t17-/m0/s1. The number of anilines is 2. The zero-order chi connectivity index (χ0) is 18.0. The van der Waals surface area contributed by atoms with Crippen LogP contribution < -0.4 is 10.2 Å². The van der Waals surface area contributed by atoms with E-state index in [0.717, 1.165) is 34.5 Å². The zero-order valence-corrected chi connectivity index (χ0v) is 15.0. The van der Waals surface area contributed by atoms with E-state index in [9.17, 15) is 9.59 Å². The van der Waals surface area contributed by atoms with Crippen LogP contribution in [0, 0.1) is 19.8 Å². The fourth-order valence-corrected chi connectivity index (χ4v) is 3.52. The third-order valence-corrected chi connectivity index (χ3v) is 4.86. The van der Waals surface area contributed by atoms with Gasteiger partial charge in [-0.05, 0) is 43.0 Å². The van der Waals surface area contributed by atoms with E-state index in [1.54, 1.807) is 4.90 Å². The van der Waals surface area contributed by atoms with Crippen molar-refractivity contribution in [2.24, 2.45) is 5.92 Å². The molecule has 0 spiro atoms. The lowest BCUT2D eigenvalue weighted by Gasteiger charge is -2.21. The van der Waals surface area contributed by atoms with Gasteiger partial charge in [0.05, 0.1) is 5.92 Å². The number of hydrogen-bond donors (Lipinski definition) is 1. The molecule has 1 aliphatic rings. The highest BCUT2D eigenvalue weighted by atomic mass is 16.2. The molecule has 1 heterocycles. The average molecular weight is 336 g/mol. The van der Waals surface area contributed by atoms with Gasteiger partial charge in [0.25, 0.3) is 0 Å². The van der Waals surface area contributed by atoms with E-state index in [1.165, 1.54) is 0 Å². The number of nitrogens with zero attached hydrogens (tertiary/aromatic N) is 1. The van der Waals surface area contributed by atoms with E-state index in [4.69, 9.17) is 0 Å². The molecule has 4 nitrogen and oxygen atoms in total. The van der Waals surface area contributed by atoms with E-state index in [2.05, 4.69) is 12.2 Å². The lowest BCUT2D eigenvalue weighted by molar-refractivity contribution is -0.122. The number of aryl methyl sites for hydroxylation is 3. The summed E-state index contributed by atoms with van der Waals surface area (Å²) in [4.78, 5) is 27.0. The molecule has 2 aromatic carbocycles. The smallest absolute Gasteiger partial charge is 0.229 e. The number of hydrogen-bond acceptors (Lipinski definition) is 2. The van der Waals surface area contributed by atoms with E-state index >= 15 is 0 Å². The second-order valence-corrected chi connectivity index (χ2v) is 6.65. The van der Waals surface area contributed by atoms with Gasteiger partial charge in [0.1, 0.15) is 0 Å². The normalized spacial score (nSPS) is 17.0. The Morgan fingerprint density at radius 3 is 2.48 bits per heavy atom. The number of para-hydroxylation sites is 2. The van der Waals surface area contributed by atoms with Crippen LogP contribution in [0.15, 0.2) is 42.5 Å². The van der Waals surface area contributed by atoms with Crippen LogP contribution in [-0.2, 0) is 16.0 Å². The van der Waals surface area contributed by atoms with Crippen molar-refractivity contribution in [3.8, 4) is 0 Å². The number of nitrogens with one attached hydrogen (secondary N) is 1. The van der Waals surface area contributed by atoms with Crippen molar-refractivity contribution in [1.29, 1.82) is 0 Å². The summed E-state index contributed by atoms with van der Waals surface area (Å²) in [5, 5.41) is 3.01. The first-order chi connectivity index (χ1) is 12.0. The largest absolute Gasteiger partial charge is 0.326 e. The van der Waals surface area contributed by atoms with Crippen molar-refractivity contribution >= 4 is 23.2 Å². The molecule has 2 amide bonds. The first kappa shape index (κ1) is 17.2. The van der Waals surface area contributed by atoms with Crippen molar-refractivity contribution in [1.82, 2.24) is 0 Å². The molecule has 3 rings (SSSR count). The van der Waals surface area contributed by atoms with Crippen LogP contribution in [0.4, 0.5) is 11.4 Å². The predicted octanol–water partition coefficient (Wildman–Crippen LogP) is 3.86. The molecule has 0 unspecified atom stereocenters. The van der Waals surface area contributed by atoms with Crippen molar-refractivity contribution in [3.63, 3.8) is 0 Å². The first-order valence-corrected chi connectivity index (χ1v) is 8.76. The zero-order valence-electron chi connectivity index (χ0n) is 15.0. The van der Waals surface area contributed by atoms with Gasteiger partial charge in [-0.1, -0.05) is 43.3 Å². The average Bonchev–Trinajstić information content (AvgIpc) is 2.97. The molecule has 0 saturated carbocycles. The second-order valence-electron chi connectivity index (χ2n) is 6.65. The van der Waals surface area contributed by atoms with Gasteiger partial charge in [-0.3, -0.25) is 9.59 Å². The van der Waals surface area contributed by atoms with Crippen molar-refractivity contribution in [3.05, 3.63) is 59.2 Å². The minimum atomic E-state index is -0.323. The summed E-state index contributed by atoms with van der Waals surface area (Å²) in [5.74, 6) is -0.388. The van der Waals surface area contributed by atoms with Gasteiger partial charge in [0, 0.05) is 24.3 Å². The molecule has 1 aliphatic heterocycles. The molecule has 0 aromatic heterocycles. The van der Waals surface area contributed by atoms with Crippen LogP contribution in [0.5, 0.6) is 0 Å². The maximum Gasteiger partial charge on any atom is 0.229 e. The molecule has 1 saturated heterocycles. The molecular formula is C21H24N2O2. The van der Waals surface area contributed by atoms with Crippen molar-refractivity contribution in [2.75, 3.05) is 16.8 Å². The van der Waals surface area contributed by atoms with E-state index < -0.39 is 0 Å². The number of amides is 2. The van der Waals surface area contributed by atoms with E-state index in [1.807, 2.05) is 56.3 Å². The second kappa shape index (κ2) is 7.09. The maximum atomic E-state index is 12.7. The molecule has 130 valence electrons. The fourth-order valence-electron chi connectivity index (χ4n) is 3.52. The SMILES string of the molecule is CCc1ccccc1NC(=O)[C@H]1CC(=O)N(c2c(C)cccc2C)C1. The van der Waals surface area contributed by atoms with Gasteiger partial charge in [-0.25, -0.2) is 0 Å². The topological polar surface area (TPSA) is 49.4 Å². The van der Waals surface area contributed by atoms with Gasteiger partial charge in [0.15, 0.2) is 0 Å². The molecule has 1 atom stereocenters. The Morgan fingerprint density at radius 2 is 1.80 bits per heavy atom. The summed E-state index contributed by atoms with van der Waals surface area (Å²) in [6.45, 7) is 6.50. The Bertz CT molecular complexity index is 793. The fraction of sp³-hybridized carbons (Fsp3) is 0.333. The molecule has 2 aromatic rings. The van der Waals surface area contributed by atoms with Crippen LogP contribution >= 0.6 is 0 Å². The Hall–Kier alpha value is -2.62. The number of rotatable bonds is 4. The summed E-state index contributed by atoms with van der Waals surface area (Å²) < 4.78 is 0. The van der Waals surface area contributed by atoms with Crippen LogP contribution in [-0.4, -0.2) is 18.4 Å². The molecule has 1 N–H and O–H groups in total. The first-order valence-electron chi connectivity index (χ1n) is 8.76. The monoisotopic (exact) mass is 336 g/mol. The van der Waals surface area contributed by atoms with Crippen molar-refractivity contribution < 1.29 is 9.59 Å². The van der Waals surface area contributed by atoms with Gasteiger partial charge in [-0.2, -0.15) is 0 Å². The molecule has 0 radical (unpaired) electrons. The highest BCUT2D eigenvalue weighted by Crippen LogP contribution is 2.31. The summed E-state index contributed by atoms with van der Waals surface area (Å²) in [7, 11) is 0. The van der Waals surface area contributed by atoms with Crippen LogP contribution in [0.25, 0.3) is 0 Å². The Morgan fingerprint density at radius 1 is 1.12 bits per heavy atom. The number of carbonyl (C=O) groups excluding carboxylic acids is 2. The van der Waals surface area contributed by atoms with Crippen molar-refractivity contribution in [2.45, 2.75) is 33.6 Å². The van der Waals surface area contributed by atoms with Gasteiger partial charge < -0.3 is 10.2 Å². The van der Waals surface area contributed by atoms with Gasteiger partial charge in [-0.15, -0.1) is 0 Å². The van der Waals surface area contributed by atoms with Crippen LogP contribution in [0.1, 0.15) is 30.0 Å². The summed E-state index contributed by atoms with van der Waals surface area (Å²) >= 11 is 0. The molecule has 4 heteroatoms. The maximum absolute atomic E-state index is 12.7. The highest BCUT2D eigenvalue weighted by molar-refractivity contribution is 6.04. The van der Waals surface area contributed by atoms with Crippen LogP contribution in [0.3, 0.4) is 0 Å². The summed E-state index contributed by atoms with van der Waals surface area (Å²) in [6, 6.07) is 13.8. The van der Waals surface area contributed by atoms with Gasteiger partial charge in [0.2, 0.25) is 11.8 Å². The summed E-state index contributed by atoms with van der Waals surface area (Å²) in [5.41, 5.74) is 5.01. The highest BCUT2D eigenvalue weighted by Gasteiger charge is 2.36. The van der Waals surface area contributed by atoms with Crippen LogP contribution in [0.2, 0.25) is 0 Å². The lowest BCUT2D eigenvalue weighted by Crippen LogP contribution is -2.29. The third-order valence-electron chi connectivity index (χ3n) is 4.86. The summed E-state index contributed by atoms with van der Waals surface area (Å²) in [6.07, 6.45) is 1.11. The Balaban J connectivity index is 1.77. The third kappa shape index (κ3) is 3.43.